The van der Waals surface area contributed by atoms with Gasteiger partial charge in [0.2, 0.25) is 5.78 Å². The molecule has 0 aliphatic heterocycles. The van der Waals surface area contributed by atoms with Crippen LogP contribution in [0.1, 0.15) is 16.2 Å². The Labute approximate surface area is 223 Å². The van der Waals surface area contributed by atoms with Crippen LogP contribution in [0, 0.1) is 5.82 Å². The van der Waals surface area contributed by atoms with E-state index in [-0.39, 0.29) is 37.6 Å². The first kappa shape index (κ1) is 24.8. The summed E-state index contributed by atoms with van der Waals surface area (Å²) in [6, 6.07) is 27.9. The second-order valence-electron chi connectivity index (χ2n) is 8.82. The van der Waals surface area contributed by atoms with Crippen LogP contribution in [0.3, 0.4) is 0 Å². The van der Waals surface area contributed by atoms with Gasteiger partial charge in [-0.2, -0.15) is 0 Å². The minimum atomic E-state index is -4.33. The lowest BCUT2D eigenvalue weighted by molar-refractivity contribution is 0.102. The van der Waals surface area contributed by atoms with E-state index < -0.39 is 31.6 Å². The SMILES string of the molecule is O=C(c1cc2ccccc2n1S(=O)(=O)c1ccccc1)c1cc2cc(F)ccc2n1S(=O)(=O)c1ccccc1. The van der Waals surface area contributed by atoms with E-state index in [4.69, 9.17) is 0 Å². The number of carbonyl (C=O) groups is 1. The van der Waals surface area contributed by atoms with E-state index in [1.807, 2.05) is 0 Å². The average Bonchev–Trinajstić information content (AvgIpc) is 3.53. The van der Waals surface area contributed by atoms with E-state index in [9.17, 15) is 26.0 Å². The monoisotopic (exact) mass is 558 g/mol. The minimum absolute atomic E-state index is 0.0417. The van der Waals surface area contributed by atoms with E-state index in [0.29, 0.717) is 5.39 Å². The molecule has 0 aliphatic carbocycles. The number of halogens is 1. The molecule has 0 atom stereocenters. The van der Waals surface area contributed by atoms with E-state index in [2.05, 4.69) is 0 Å². The lowest BCUT2D eigenvalue weighted by Gasteiger charge is -2.14. The molecule has 2 aromatic heterocycles. The summed E-state index contributed by atoms with van der Waals surface area (Å²) in [6.07, 6.45) is 0. The third-order valence-electron chi connectivity index (χ3n) is 6.41. The summed E-state index contributed by atoms with van der Waals surface area (Å²) in [7, 11) is -8.60. The second kappa shape index (κ2) is 9.04. The Morgan fingerprint density at radius 1 is 0.538 bits per heavy atom. The topological polar surface area (TPSA) is 95.2 Å². The van der Waals surface area contributed by atoms with Crippen LogP contribution in [0.25, 0.3) is 21.8 Å². The van der Waals surface area contributed by atoms with Crippen molar-refractivity contribution >= 4 is 47.6 Å². The number of para-hydroxylation sites is 1. The van der Waals surface area contributed by atoms with Gasteiger partial charge in [-0.1, -0.05) is 54.6 Å². The molecule has 0 aliphatic rings. The molecule has 194 valence electrons. The van der Waals surface area contributed by atoms with Gasteiger partial charge in [-0.05, 0) is 60.7 Å². The Morgan fingerprint density at radius 3 is 1.56 bits per heavy atom. The van der Waals surface area contributed by atoms with Crippen LogP contribution >= 0.6 is 0 Å². The molecule has 0 fully saturated rings. The van der Waals surface area contributed by atoms with E-state index in [1.54, 1.807) is 60.7 Å². The number of fused-ring (bicyclic) bond motifs is 2. The highest BCUT2D eigenvalue weighted by atomic mass is 32.2. The van der Waals surface area contributed by atoms with E-state index in [1.165, 1.54) is 42.5 Å². The molecule has 0 spiro atoms. The number of hydrogen-bond donors (Lipinski definition) is 0. The lowest BCUT2D eigenvalue weighted by Crippen LogP contribution is -2.23. The molecule has 7 nitrogen and oxygen atoms in total. The first-order valence-corrected chi connectivity index (χ1v) is 14.6. The number of hydrogen-bond acceptors (Lipinski definition) is 5. The Morgan fingerprint density at radius 2 is 1.00 bits per heavy atom. The molecule has 0 unspecified atom stereocenters. The highest BCUT2D eigenvalue weighted by Gasteiger charge is 2.32. The van der Waals surface area contributed by atoms with Crippen LogP contribution in [0.5, 0.6) is 0 Å². The molecular weight excluding hydrogens is 539 g/mol. The molecule has 39 heavy (non-hydrogen) atoms. The maximum atomic E-state index is 14.2. The van der Waals surface area contributed by atoms with Crippen molar-refractivity contribution in [3.05, 3.63) is 132 Å². The maximum absolute atomic E-state index is 14.2. The molecule has 4 aromatic carbocycles. The van der Waals surface area contributed by atoms with Crippen LogP contribution in [-0.2, 0) is 20.0 Å². The summed E-state index contributed by atoms with van der Waals surface area (Å²) in [5.74, 6) is -1.47. The molecule has 0 bridgehead atoms. The molecule has 6 rings (SSSR count). The molecule has 0 saturated heterocycles. The van der Waals surface area contributed by atoms with Gasteiger partial charge in [0.05, 0.1) is 20.8 Å². The van der Waals surface area contributed by atoms with Gasteiger partial charge in [-0.25, -0.2) is 29.2 Å². The second-order valence-corrected chi connectivity index (χ2v) is 12.4. The van der Waals surface area contributed by atoms with Gasteiger partial charge in [-0.3, -0.25) is 4.79 Å². The molecule has 0 saturated carbocycles. The van der Waals surface area contributed by atoms with Crippen LogP contribution in [-0.4, -0.2) is 30.6 Å². The van der Waals surface area contributed by atoms with Crippen LogP contribution in [0.4, 0.5) is 4.39 Å². The fraction of sp³-hybridized carbons (Fsp3) is 0. The minimum Gasteiger partial charge on any atom is -0.285 e. The summed E-state index contributed by atoms with van der Waals surface area (Å²) in [5.41, 5.74) is -0.249. The molecule has 10 heteroatoms. The van der Waals surface area contributed by atoms with Crippen molar-refractivity contribution in [2.45, 2.75) is 9.79 Å². The van der Waals surface area contributed by atoms with Gasteiger partial charge in [-0.15, -0.1) is 0 Å². The Kier molecular flexibility index (Phi) is 5.74. The van der Waals surface area contributed by atoms with Crippen molar-refractivity contribution in [1.29, 1.82) is 0 Å². The lowest BCUT2D eigenvalue weighted by atomic mass is 10.2. The van der Waals surface area contributed by atoms with Crippen molar-refractivity contribution < 1.29 is 26.0 Å². The zero-order valence-electron chi connectivity index (χ0n) is 20.1. The van der Waals surface area contributed by atoms with Gasteiger partial charge in [0.25, 0.3) is 20.0 Å². The predicted octanol–water partition coefficient (Wildman–Crippen LogP) is 5.44. The fourth-order valence-electron chi connectivity index (χ4n) is 4.65. The normalized spacial score (nSPS) is 12.2. The van der Waals surface area contributed by atoms with Crippen LogP contribution in [0.2, 0.25) is 0 Å². The molecule has 0 radical (unpaired) electrons. The van der Waals surface area contributed by atoms with Crippen molar-refractivity contribution in [3.8, 4) is 0 Å². The predicted molar refractivity (Wildman–Crippen MR) is 145 cm³/mol. The third kappa shape index (κ3) is 3.96. The standard InChI is InChI=1S/C29H19FN2O5S2/c30-22-15-16-26-21(17-22)19-28(32(26)39(36,37)24-12-5-2-6-13-24)29(33)27-18-20-9-7-8-14-25(20)31(27)38(34,35)23-10-3-1-4-11-23/h1-19H. The fourth-order valence-corrected chi connectivity index (χ4v) is 7.72. The number of nitrogens with zero attached hydrogens (tertiary/aromatic N) is 2. The Bertz CT molecular complexity index is 2120. The van der Waals surface area contributed by atoms with E-state index in [0.717, 1.165) is 20.1 Å². The van der Waals surface area contributed by atoms with Crippen molar-refractivity contribution in [3.63, 3.8) is 0 Å². The van der Waals surface area contributed by atoms with Crippen molar-refractivity contribution in [2.24, 2.45) is 0 Å². The Hall–Kier alpha value is -4.54. The largest absolute Gasteiger partial charge is 0.285 e. The summed E-state index contributed by atoms with van der Waals surface area (Å²) in [6.45, 7) is 0. The molecule has 6 aromatic rings. The van der Waals surface area contributed by atoms with Gasteiger partial charge in [0, 0.05) is 10.8 Å². The van der Waals surface area contributed by atoms with Crippen molar-refractivity contribution in [2.75, 3.05) is 0 Å². The van der Waals surface area contributed by atoms with Gasteiger partial charge >= 0.3 is 0 Å². The van der Waals surface area contributed by atoms with Crippen molar-refractivity contribution in [1.82, 2.24) is 7.94 Å². The molecule has 0 N–H and O–H groups in total. The Balaban J connectivity index is 1.66. The molecule has 0 amide bonds. The summed E-state index contributed by atoms with van der Waals surface area (Å²) in [4.78, 5) is 14.1. The zero-order valence-corrected chi connectivity index (χ0v) is 21.7. The number of ketones is 1. The zero-order chi connectivity index (χ0) is 27.4. The summed E-state index contributed by atoms with van der Waals surface area (Å²) in [5, 5.41) is 0.645. The van der Waals surface area contributed by atoms with Gasteiger partial charge in [0.15, 0.2) is 0 Å². The van der Waals surface area contributed by atoms with E-state index >= 15 is 0 Å². The van der Waals surface area contributed by atoms with Crippen LogP contribution in [0.15, 0.2) is 125 Å². The average molecular weight is 559 g/mol. The summed E-state index contributed by atoms with van der Waals surface area (Å²) >= 11 is 0. The quantitative estimate of drug-likeness (QED) is 0.254. The third-order valence-corrected chi connectivity index (χ3v) is 9.90. The highest BCUT2D eigenvalue weighted by Crippen LogP contribution is 2.31. The smallest absolute Gasteiger partial charge is 0.268 e. The number of aromatic nitrogens is 2. The van der Waals surface area contributed by atoms with Gasteiger partial charge < -0.3 is 0 Å². The van der Waals surface area contributed by atoms with Crippen LogP contribution < -0.4 is 0 Å². The number of benzene rings is 4. The first-order valence-electron chi connectivity index (χ1n) is 11.8. The molecule has 2 heterocycles. The molecular formula is C29H19FN2O5S2. The first-order chi connectivity index (χ1) is 18.7. The maximum Gasteiger partial charge on any atom is 0.268 e. The number of rotatable bonds is 6. The summed E-state index contributed by atoms with van der Waals surface area (Å²) < 4.78 is 71.2. The highest BCUT2D eigenvalue weighted by molar-refractivity contribution is 7.90. The van der Waals surface area contributed by atoms with Gasteiger partial charge in [0.1, 0.15) is 17.2 Å². The number of carbonyl (C=O) groups excluding carboxylic acids is 1.